The monoisotopic (exact) mass is 222 g/mol. The Labute approximate surface area is 88.4 Å². The molecule has 16 heavy (non-hydrogen) atoms. The van der Waals surface area contributed by atoms with Crippen LogP contribution in [0.3, 0.4) is 0 Å². The molecule has 7 nitrogen and oxygen atoms in total. The molecule has 0 saturated carbocycles. The minimum Gasteiger partial charge on any atom is -0.711 e. The van der Waals surface area contributed by atoms with Gasteiger partial charge in [0.1, 0.15) is 0 Å². The zero-order chi connectivity index (χ0) is 11.9. The van der Waals surface area contributed by atoms with Crippen LogP contribution in [0.4, 0.5) is 4.79 Å². The second kappa shape index (κ2) is 3.23. The quantitative estimate of drug-likeness (QED) is 0.539. The Bertz CT molecular complexity index is 601. The first kappa shape index (κ1) is 9.97. The van der Waals surface area contributed by atoms with Crippen LogP contribution in [0.5, 0.6) is 0 Å². The molecule has 2 aromatic rings. The summed E-state index contributed by atoms with van der Waals surface area (Å²) in [6, 6.07) is 4.02. The fourth-order valence-corrected chi connectivity index (χ4v) is 1.51. The lowest BCUT2D eigenvalue weighted by Crippen LogP contribution is -2.31. The SMILES string of the molecule is O=C(O)c1cc2ccc[n+]([O-])c2n1C(=O)O. The van der Waals surface area contributed by atoms with Crippen LogP contribution in [-0.2, 0) is 0 Å². The number of pyridine rings is 1. The molecule has 0 atom stereocenters. The van der Waals surface area contributed by atoms with Crippen molar-refractivity contribution < 1.29 is 24.5 Å². The molecule has 0 amide bonds. The van der Waals surface area contributed by atoms with Crippen LogP contribution in [0.25, 0.3) is 11.0 Å². The van der Waals surface area contributed by atoms with Crippen LogP contribution < -0.4 is 4.73 Å². The van der Waals surface area contributed by atoms with Crippen LogP contribution in [0.2, 0.25) is 0 Å². The average Bonchev–Trinajstić information content (AvgIpc) is 2.58. The predicted octanol–water partition coefficient (Wildman–Crippen LogP) is 0.499. The molecular formula is C9H6N2O5. The smallest absolute Gasteiger partial charge is 0.510 e. The van der Waals surface area contributed by atoms with Crippen LogP contribution in [0.15, 0.2) is 24.4 Å². The van der Waals surface area contributed by atoms with E-state index in [9.17, 15) is 14.8 Å². The second-order valence-electron chi connectivity index (χ2n) is 3.07. The third-order valence-electron chi connectivity index (χ3n) is 2.12. The Hall–Kier alpha value is -2.57. The number of hydrogen-bond donors (Lipinski definition) is 2. The van der Waals surface area contributed by atoms with E-state index in [2.05, 4.69) is 0 Å². The fourth-order valence-electron chi connectivity index (χ4n) is 1.51. The Morgan fingerprint density at radius 1 is 1.38 bits per heavy atom. The summed E-state index contributed by atoms with van der Waals surface area (Å²) >= 11 is 0. The van der Waals surface area contributed by atoms with E-state index in [1.807, 2.05) is 0 Å². The molecule has 0 aliphatic carbocycles. The molecule has 0 unspecified atom stereocenters. The zero-order valence-electron chi connectivity index (χ0n) is 7.82. The number of fused-ring (bicyclic) bond motifs is 1. The van der Waals surface area contributed by atoms with E-state index < -0.39 is 17.8 Å². The van der Waals surface area contributed by atoms with Gasteiger partial charge in [-0.15, -0.1) is 4.57 Å². The van der Waals surface area contributed by atoms with E-state index in [0.29, 0.717) is 9.30 Å². The lowest BCUT2D eigenvalue weighted by molar-refractivity contribution is -0.579. The second-order valence-corrected chi connectivity index (χ2v) is 3.07. The number of carbonyl (C=O) groups is 2. The first-order valence-corrected chi connectivity index (χ1v) is 4.22. The molecule has 0 bridgehead atoms. The van der Waals surface area contributed by atoms with E-state index in [0.717, 1.165) is 12.3 Å². The van der Waals surface area contributed by atoms with Gasteiger partial charge in [0.15, 0.2) is 0 Å². The van der Waals surface area contributed by atoms with Crippen molar-refractivity contribution in [2.24, 2.45) is 0 Å². The lowest BCUT2D eigenvalue weighted by Gasteiger charge is -2.02. The number of aromatic nitrogens is 2. The van der Waals surface area contributed by atoms with Gasteiger partial charge >= 0.3 is 17.7 Å². The van der Waals surface area contributed by atoms with E-state index >= 15 is 0 Å². The maximum absolute atomic E-state index is 11.4. The predicted molar refractivity (Wildman–Crippen MR) is 51.3 cm³/mol. The number of nitrogens with zero attached hydrogens (tertiary/aromatic N) is 2. The number of carboxylic acids is 1. The highest BCUT2D eigenvalue weighted by Crippen LogP contribution is 2.16. The van der Waals surface area contributed by atoms with E-state index in [1.54, 1.807) is 0 Å². The Morgan fingerprint density at radius 3 is 2.62 bits per heavy atom. The maximum atomic E-state index is 11.4. The summed E-state index contributed by atoms with van der Waals surface area (Å²) in [5.74, 6) is -1.40. The number of hydrogen-bond acceptors (Lipinski definition) is 3. The van der Waals surface area contributed by atoms with Crippen LogP contribution in [0.1, 0.15) is 10.5 Å². The summed E-state index contributed by atoms with van der Waals surface area (Å²) in [5, 5.41) is 29.3. The van der Waals surface area contributed by atoms with Crippen molar-refractivity contribution in [1.82, 2.24) is 4.57 Å². The molecular weight excluding hydrogens is 216 g/mol. The average molecular weight is 222 g/mol. The van der Waals surface area contributed by atoms with Gasteiger partial charge in [0.25, 0.3) is 0 Å². The van der Waals surface area contributed by atoms with Crippen molar-refractivity contribution in [2.75, 3.05) is 0 Å². The van der Waals surface area contributed by atoms with Crippen molar-refractivity contribution >= 4 is 23.1 Å². The highest BCUT2D eigenvalue weighted by molar-refractivity contribution is 5.98. The van der Waals surface area contributed by atoms with Crippen molar-refractivity contribution in [3.63, 3.8) is 0 Å². The normalized spacial score (nSPS) is 10.5. The lowest BCUT2D eigenvalue weighted by atomic mass is 10.3. The van der Waals surface area contributed by atoms with Crippen molar-refractivity contribution in [1.29, 1.82) is 0 Å². The molecule has 2 aromatic heterocycles. The number of carboxylic acid groups (broad SMARTS) is 2. The van der Waals surface area contributed by atoms with Gasteiger partial charge < -0.3 is 15.4 Å². The summed E-state index contributed by atoms with van der Waals surface area (Å²) in [4.78, 5) is 21.7. The van der Waals surface area contributed by atoms with Gasteiger partial charge in [-0.1, -0.05) is 0 Å². The summed E-state index contributed by atoms with van der Waals surface area (Å²) in [5.41, 5.74) is -0.675. The van der Waals surface area contributed by atoms with Gasteiger partial charge in [0, 0.05) is 6.07 Å². The molecule has 2 N–H and O–H groups in total. The van der Waals surface area contributed by atoms with Gasteiger partial charge in [-0.3, -0.25) is 0 Å². The zero-order valence-corrected chi connectivity index (χ0v) is 7.82. The van der Waals surface area contributed by atoms with Crippen LogP contribution >= 0.6 is 0 Å². The fraction of sp³-hybridized carbons (Fsp3) is 0. The summed E-state index contributed by atoms with van der Waals surface area (Å²) < 4.78 is 0.764. The molecule has 0 radical (unpaired) electrons. The summed E-state index contributed by atoms with van der Waals surface area (Å²) in [7, 11) is 0. The van der Waals surface area contributed by atoms with Crippen LogP contribution in [-0.4, -0.2) is 26.8 Å². The Morgan fingerprint density at radius 2 is 2.06 bits per heavy atom. The maximum Gasteiger partial charge on any atom is 0.510 e. The number of rotatable bonds is 1. The molecule has 2 rings (SSSR count). The molecule has 0 fully saturated rings. The molecule has 7 heteroatoms. The van der Waals surface area contributed by atoms with E-state index in [1.165, 1.54) is 12.1 Å². The number of aromatic carboxylic acids is 1. The van der Waals surface area contributed by atoms with Crippen molar-refractivity contribution in [3.8, 4) is 0 Å². The van der Waals surface area contributed by atoms with Crippen molar-refractivity contribution in [3.05, 3.63) is 35.3 Å². The molecule has 82 valence electrons. The molecule has 0 aliphatic heterocycles. The van der Waals surface area contributed by atoms with E-state index in [-0.39, 0.29) is 11.0 Å². The standard InChI is InChI=1S/C9H6N2O5/c12-8(13)6-4-5-2-1-3-10(16)7(5)11(6)9(14)15/h1-4H,(H,12,13)(H,14,15). The molecule has 0 aromatic carbocycles. The first-order chi connectivity index (χ1) is 7.52. The third kappa shape index (κ3) is 1.26. The highest BCUT2D eigenvalue weighted by atomic mass is 16.5. The van der Waals surface area contributed by atoms with Gasteiger partial charge in [0.2, 0.25) is 5.69 Å². The highest BCUT2D eigenvalue weighted by Gasteiger charge is 2.27. The minimum absolute atomic E-state index is 0.215. The topological polar surface area (TPSA) is 106 Å². The van der Waals surface area contributed by atoms with Gasteiger partial charge in [-0.2, -0.15) is 4.79 Å². The minimum atomic E-state index is -1.51. The molecule has 0 aliphatic rings. The molecule has 2 heterocycles. The molecule has 0 spiro atoms. The van der Waals surface area contributed by atoms with Gasteiger partial charge in [0.05, 0.1) is 11.6 Å². The van der Waals surface area contributed by atoms with Gasteiger partial charge in [-0.05, 0) is 12.1 Å². The Kier molecular flexibility index (Phi) is 2.01. The molecule has 0 saturated heterocycles. The third-order valence-corrected chi connectivity index (χ3v) is 2.12. The largest absolute Gasteiger partial charge is 0.711 e. The Balaban J connectivity index is 2.94. The summed E-state index contributed by atoms with van der Waals surface area (Å²) in [6.07, 6.45) is -0.406. The first-order valence-electron chi connectivity index (χ1n) is 4.22. The van der Waals surface area contributed by atoms with Crippen LogP contribution in [0, 0.1) is 5.21 Å². The van der Waals surface area contributed by atoms with E-state index in [4.69, 9.17) is 10.2 Å². The summed E-state index contributed by atoms with van der Waals surface area (Å²) in [6.45, 7) is 0. The van der Waals surface area contributed by atoms with Gasteiger partial charge in [-0.25, -0.2) is 9.52 Å². The van der Waals surface area contributed by atoms with Crippen molar-refractivity contribution in [2.45, 2.75) is 0 Å².